The van der Waals surface area contributed by atoms with Gasteiger partial charge in [-0.15, -0.1) is 0 Å². The molecule has 0 aromatic heterocycles. The van der Waals surface area contributed by atoms with Crippen LogP contribution in [0.5, 0.6) is 0 Å². The van der Waals surface area contributed by atoms with E-state index < -0.39 is 28.3 Å². The zero-order valence-corrected chi connectivity index (χ0v) is 14.5. The van der Waals surface area contributed by atoms with E-state index in [2.05, 4.69) is 15.4 Å². The van der Waals surface area contributed by atoms with Crippen LogP contribution in [0.4, 0.5) is 10.1 Å². The monoisotopic (exact) mass is 356 g/mol. The summed E-state index contributed by atoms with van der Waals surface area (Å²) >= 11 is 0. The minimum absolute atomic E-state index is 0.0968. The summed E-state index contributed by atoms with van der Waals surface area (Å²) in [5, 5.41) is 4.06. The Morgan fingerprint density at radius 1 is 1.38 bits per heavy atom. The van der Waals surface area contributed by atoms with E-state index in [1.807, 2.05) is 7.05 Å². The number of carbonyl (C=O) groups excluding carboxylic acids is 1. The fraction of sp³-hybridized carbons (Fsp3) is 0.467. The van der Waals surface area contributed by atoms with Crippen molar-refractivity contribution in [3.63, 3.8) is 0 Å². The maximum atomic E-state index is 13.3. The zero-order valence-electron chi connectivity index (χ0n) is 13.7. The summed E-state index contributed by atoms with van der Waals surface area (Å²) in [6.07, 6.45) is 2.49. The van der Waals surface area contributed by atoms with Gasteiger partial charge in [-0.3, -0.25) is 9.10 Å². The van der Waals surface area contributed by atoms with Crippen molar-refractivity contribution in [3.8, 4) is 0 Å². The largest absolute Gasteiger partial charge is 0.306 e. The molecule has 1 aromatic rings. The molecular weight excluding hydrogens is 335 g/mol. The molecule has 0 unspecified atom stereocenters. The summed E-state index contributed by atoms with van der Waals surface area (Å²) in [7, 11) is -1.72. The van der Waals surface area contributed by atoms with Crippen LogP contribution in [0.15, 0.2) is 29.4 Å². The second-order valence-electron chi connectivity index (χ2n) is 5.77. The number of nitrogens with zero attached hydrogens (tertiary/aromatic N) is 3. The molecule has 1 aliphatic rings. The Morgan fingerprint density at radius 3 is 2.62 bits per heavy atom. The number of carbonyl (C=O) groups is 1. The molecule has 1 aliphatic heterocycles. The number of hydrogen-bond donors (Lipinski definition) is 1. The van der Waals surface area contributed by atoms with E-state index in [0.717, 1.165) is 48.3 Å². The van der Waals surface area contributed by atoms with Gasteiger partial charge >= 0.3 is 0 Å². The molecule has 1 N–H and O–H groups in total. The number of hydrogen-bond acceptors (Lipinski definition) is 5. The Balaban J connectivity index is 2.04. The number of halogens is 1. The second-order valence-corrected chi connectivity index (χ2v) is 7.67. The molecule has 1 heterocycles. The number of amides is 1. The Bertz CT molecular complexity index is 726. The van der Waals surface area contributed by atoms with Crippen LogP contribution in [-0.4, -0.2) is 57.9 Å². The predicted molar refractivity (Wildman–Crippen MR) is 90.9 cm³/mol. The Kier molecular flexibility index (Phi) is 5.89. The van der Waals surface area contributed by atoms with E-state index in [-0.39, 0.29) is 5.69 Å². The predicted octanol–water partition coefficient (Wildman–Crippen LogP) is 0.789. The number of likely N-dealkylation sites (tertiary alicyclic amines) is 1. The molecule has 132 valence electrons. The summed E-state index contributed by atoms with van der Waals surface area (Å²) in [6.45, 7) is 1.28. The number of nitrogens with one attached hydrogen (secondary N) is 1. The highest BCUT2D eigenvalue weighted by Gasteiger charge is 2.21. The lowest BCUT2D eigenvalue weighted by molar-refractivity contribution is -0.119. The Hall–Kier alpha value is -2.00. The minimum atomic E-state index is -3.73. The fourth-order valence-corrected chi connectivity index (χ4v) is 3.18. The van der Waals surface area contributed by atoms with E-state index in [1.54, 1.807) is 0 Å². The second kappa shape index (κ2) is 7.71. The van der Waals surface area contributed by atoms with Gasteiger partial charge in [-0.2, -0.15) is 5.10 Å². The van der Waals surface area contributed by atoms with Crippen LogP contribution in [0.2, 0.25) is 0 Å². The maximum Gasteiger partial charge on any atom is 0.260 e. The van der Waals surface area contributed by atoms with Crippen molar-refractivity contribution in [2.45, 2.75) is 12.8 Å². The molecule has 1 amide bonds. The van der Waals surface area contributed by atoms with Gasteiger partial charge in [-0.1, -0.05) is 6.07 Å². The topological polar surface area (TPSA) is 82.1 Å². The van der Waals surface area contributed by atoms with Gasteiger partial charge in [0.15, 0.2) is 0 Å². The third kappa shape index (κ3) is 5.27. The normalized spacial score (nSPS) is 15.9. The van der Waals surface area contributed by atoms with Crippen LogP contribution >= 0.6 is 0 Å². The standard InChI is InChI=1S/C15H21FN4O3S/c1-19-8-6-13(7-9-19)17-18-15(21)11-20(24(2,22)23)14-5-3-4-12(16)10-14/h3-5,10H,6-9,11H2,1-2H3,(H,18,21). The van der Waals surface area contributed by atoms with Gasteiger partial charge in [0, 0.05) is 31.6 Å². The van der Waals surface area contributed by atoms with Crippen LogP contribution in [-0.2, 0) is 14.8 Å². The van der Waals surface area contributed by atoms with Crippen molar-refractivity contribution in [1.29, 1.82) is 0 Å². The summed E-state index contributed by atoms with van der Waals surface area (Å²) in [4.78, 5) is 14.2. The van der Waals surface area contributed by atoms with Gasteiger partial charge in [0.2, 0.25) is 10.0 Å². The molecule has 1 fully saturated rings. The van der Waals surface area contributed by atoms with Crippen molar-refractivity contribution < 1.29 is 17.6 Å². The van der Waals surface area contributed by atoms with Crippen LogP contribution in [0, 0.1) is 5.82 Å². The summed E-state index contributed by atoms with van der Waals surface area (Å²) in [5.74, 6) is -1.15. The van der Waals surface area contributed by atoms with Gasteiger partial charge < -0.3 is 4.90 Å². The quantitative estimate of drug-likeness (QED) is 0.791. The van der Waals surface area contributed by atoms with Crippen LogP contribution < -0.4 is 9.73 Å². The van der Waals surface area contributed by atoms with Gasteiger partial charge in [-0.05, 0) is 25.2 Å². The average Bonchev–Trinajstić information content (AvgIpc) is 2.51. The molecule has 0 aliphatic carbocycles. The van der Waals surface area contributed by atoms with E-state index in [9.17, 15) is 17.6 Å². The first kappa shape index (κ1) is 18.3. The third-order valence-electron chi connectivity index (χ3n) is 3.69. The fourth-order valence-electron chi connectivity index (χ4n) is 2.33. The summed E-state index contributed by atoms with van der Waals surface area (Å²) in [6, 6.07) is 5.09. The lowest BCUT2D eigenvalue weighted by atomic mass is 10.1. The number of anilines is 1. The smallest absolute Gasteiger partial charge is 0.260 e. The minimum Gasteiger partial charge on any atom is -0.306 e. The van der Waals surface area contributed by atoms with Gasteiger partial charge in [-0.25, -0.2) is 18.2 Å². The SMILES string of the molecule is CN1CCC(=NNC(=O)CN(c2cccc(F)c2)S(C)(=O)=O)CC1. The highest BCUT2D eigenvalue weighted by Crippen LogP contribution is 2.18. The number of sulfonamides is 1. The highest BCUT2D eigenvalue weighted by atomic mass is 32.2. The van der Waals surface area contributed by atoms with E-state index in [4.69, 9.17) is 0 Å². The average molecular weight is 356 g/mol. The first-order chi connectivity index (χ1) is 11.3. The Labute approximate surface area is 141 Å². The van der Waals surface area contributed by atoms with Crippen molar-refractivity contribution in [2.24, 2.45) is 5.10 Å². The molecule has 9 heteroatoms. The zero-order chi connectivity index (χ0) is 17.7. The van der Waals surface area contributed by atoms with Gasteiger partial charge in [0.05, 0.1) is 11.9 Å². The van der Waals surface area contributed by atoms with Crippen molar-refractivity contribution in [1.82, 2.24) is 10.3 Å². The van der Waals surface area contributed by atoms with Gasteiger partial charge in [0.1, 0.15) is 12.4 Å². The van der Waals surface area contributed by atoms with Crippen LogP contribution in [0.3, 0.4) is 0 Å². The van der Waals surface area contributed by atoms with Gasteiger partial charge in [0.25, 0.3) is 5.91 Å². The molecular formula is C15H21FN4O3S. The molecule has 0 atom stereocenters. The van der Waals surface area contributed by atoms with Crippen LogP contribution in [0.25, 0.3) is 0 Å². The molecule has 7 nitrogen and oxygen atoms in total. The molecule has 0 radical (unpaired) electrons. The first-order valence-corrected chi connectivity index (χ1v) is 9.36. The lowest BCUT2D eigenvalue weighted by Crippen LogP contribution is -2.39. The molecule has 0 spiro atoms. The van der Waals surface area contributed by atoms with Crippen LogP contribution in [0.1, 0.15) is 12.8 Å². The highest BCUT2D eigenvalue weighted by molar-refractivity contribution is 7.92. The maximum absolute atomic E-state index is 13.3. The number of piperidine rings is 1. The third-order valence-corrected chi connectivity index (χ3v) is 4.83. The lowest BCUT2D eigenvalue weighted by Gasteiger charge is -2.23. The van der Waals surface area contributed by atoms with Crippen molar-refractivity contribution >= 4 is 27.3 Å². The van der Waals surface area contributed by atoms with Crippen molar-refractivity contribution in [2.75, 3.05) is 37.2 Å². The number of benzene rings is 1. The molecule has 0 bridgehead atoms. The summed E-state index contributed by atoms with van der Waals surface area (Å²) < 4.78 is 38.0. The molecule has 1 saturated heterocycles. The van der Waals surface area contributed by atoms with E-state index >= 15 is 0 Å². The molecule has 24 heavy (non-hydrogen) atoms. The van der Waals surface area contributed by atoms with E-state index in [1.165, 1.54) is 18.2 Å². The molecule has 2 rings (SSSR count). The Morgan fingerprint density at radius 2 is 2.04 bits per heavy atom. The summed E-state index contributed by atoms with van der Waals surface area (Å²) in [5.41, 5.74) is 3.35. The molecule has 0 saturated carbocycles. The number of rotatable bonds is 5. The van der Waals surface area contributed by atoms with E-state index in [0.29, 0.717) is 0 Å². The first-order valence-electron chi connectivity index (χ1n) is 7.52. The molecule has 1 aromatic carbocycles. The van der Waals surface area contributed by atoms with Crippen molar-refractivity contribution in [3.05, 3.63) is 30.1 Å². The number of hydrazone groups is 1.